The largest absolute Gasteiger partial charge is 0.361 e. The van der Waals surface area contributed by atoms with Gasteiger partial charge in [0, 0.05) is 18.3 Å². The summed E-state index contributed by atoms with van der Waals surface area (Å²) >= 11 is 0. The van der Waals surface area contributed by atoms with E-state index in [0.717, 1.165) is 19.0 Å². The van der Waals surface area contributed by atoms with E-state index in [0.29, 0.717) is 0 Å². The number of rotatable bonds is 5. The van der Waals surface area contributed by atoms with E-state index in [1.54, 1.807) is 0 Å². The number of nitrogens with one attached hydrogen (secondary N) is 2. The van der Waals surface area contributed by atoms with Crippen molar-refractivity contribution in [3.8, 4) is 0 Å². The fraction of sp³-hybridized carbons (Fsp3) is 0.500. The third-order valence-corrected chi connectivity index (χ3v) is 4.15. The minimum Gasteiger partial charge on any atom is -0.361 e. The average molecular weight is 242 g/mol. The molecule has 0 atom stereocenters. The summed E-state index contributed by atoms with van der Waals surface area (Å²) in [7, 11) is 0. The van der Waals surface area contributed by atoms with Crippen molar-refractivity contribution in [1.82, 2.24) is 10.3 Å². The highest BCUT2D eigenvalue weighted by molar-refractivity contribution is 5.79. The molecule has 1 aliphatic rings. The molecule has 0 radical (unpaired) electrons. The van der Waals surface area contributed by atoms with Gasteiger partial charge in [-0.15, -0.1) is 0 Å². The lowest BCUT2D eigenvalue weighted by Crippen LogP contribution is -2.16. The molecule has 1 aliphatic carbocycles. The molecule has 2 aromatic rings. The van der Waals surface area contributed by atoms with E-state index < -0.39 is 0 Å². The molecule has 0 aliphatic heterocycles. The Morgan fingerprint density at radius 3 is 2.94 bits per heavy atom. The molecule has 3 rings (SSSR count). The Balaban J connectivity index is 1.47. The first-order valence-corrected chi connectivity index (χ1v) is 7.18. The van der Waals surface area contributed by atoms with E-state index in [-0.39, 0.29) is 0 Å². The molecule has 1 fully saturated rings. The van der Waals surface area contributed by atoms with E-state index >= 15 is 0 Å². The lowest BCUT2D eigenvalue weighted by Gasteiger charge is -2.09. The van der Waals surface area contributed by atoms with Crippen molar-refractivity contribution >= 4 is 10.9 Å². The Labute approximate surface area is 109 Å². The van der Waals surface area contributed by atoms with Gasteiger partial charge in [0.1, 0.15) is 0 Å². The summed E-state index contributed by atoms with van der Waals surface area (Å²) in [5.74, 6) is 0.989. The van der Waals surface area contributed by atoms with Gasteiger partial charge in [-0.1, -0.05) is 37.8 Å². The number of H-pyrrole nitrogens is 1. The Bertz CT molecular complexity index is 495. The lowest BCUT2D eigenvalue weighted by molar-refractivity contribution is 0.477. The van der Waals surface area contributed by atoms with Gasteiger partial charge < -0.3 is 10.3 Å². The van der Waals surface area contributed by atoms with Crippen molar-refractivity contribution in [2.24, 2.45) is 5.92 Å². The van der Waals surface area contributed by atoms with Crippen LogP contribution in [-0.4, -0.2) is 11.5 Å². The summed E-state index contributed by atoms with van der Waals surface area (Å²) < 4.78 is 0. The maximum absolute atomic E-state index is 3.57. The van der Waals surface area contributed by atoms with Crippen LogP contribution in [0.5, 0.6) is 0 Å². The topological polar surface area (TPSA) is 27.8 Å². The summed E-state index contributed by atoms with van der Waals surface area (Å²) in [6.45, 7) is 2.15. The highest BCUT2D eigenvalue weighted by Gasteiger charge is 2.13. The van der Waals surface area contributed by atoms with Gasteiger partial charge in [0.2, 0.25) is 0 Å². The first kappa shape index (κ1) is 11.8. The molecule has 1 saturated carbocycles. The molecular weight excluding hydrogens is 220 g/mol. The molecule has 96 valence electrons. The van der Waals surface area contributed by atoms with Crippen molar-refractivity contribution < 1.29 is 0 Å². The number of fused-ring (bicyclic) bond motifs is 1. The van der Waals surface area contributed by atoms with E-state index in [1.807, 2.05) is 6.20 Å². The molecule has 18 heavy (non-hydrogen) atoms. The molecule has 1 aromatic heterocycles. The fourth-order valence-corrected chi connectivity index (χ4v) is 3.04. The molecule has 2 N–H and O–H groups in total. The zero-order valence-corrected chi connectivity index (χ0v) is 10.9. The van der Waals surface area contributed by atoms with E-state index in [2.05, 4.69) is 34.6 Å². The smallest absolute Gasteiger partial charge is 0.0457 e. The zero-order valence-electron chi connectivity index (χ0n) is 10.9. The van der Waals surface area contributed by atoms with Gasteiger partial charge >= 0.3 is 0 Å². The predicted octanol–water partition coefficient (Wildman–Crippen LogP) is 3.84. The van der Waals surface area contributed by atoms with Crippen molar-refractivity contribution in [1.29, 1.82) is 0 Å². The predicted molar refractivity (Wildman–Crippen MR) is 76.6 cm³/mol. The number of hydrogen-bond acceptors (Lipinski definition) is 1. The molecule has 0 amide bonds. The van der Waals surface area contributed by atoms with Gasteiger partial charge in [-0.3, -0.25) is 0 Å². The van der Waals surface area contributed by atoms with Gasteiger partial charge in [-0.2, -0.15) is 0 Å². The minimum absolute atomic E-state index is 0.988. The van der Waals surface area contributed by atoms with E-state index in [4.69, 9.17) is 0 Å². The molecule has 0 unspecified atom stereocenters. The standard InChI is InChI=1S/C16H22N2/c1-2-4-13(3-1)7-9-17-12-14-5-6-15-8-10-18-16(15)11-14/h5-6,8,10-11,13,17-18H,1-4,7,9,12H2. The molecule has 2 nitrogen and oxygen atoms in total. The van der Waals surface area contributed by atoms with Gasteiger partial charge in [0.15, 0.2) is 0 Å². The first-order valence-electron chi connectivity index (χ1n) is 7.18. The number of benzene rings is 1. The molecule has 1 aromatic carbocycles. The number of hydrogen-bond donors (Lipinski definition) is 2. The lowest BCUT2D eigenvalue weighted by atomic mass is 10.0. The zero-order chi connectivity index (χ0) is 12.2. The van der Waals surface area contributed by atoms with Crippen molar-refractivity contribution in [2.45, 2.75) is 38.6 Å². The van der Waals surface area contributed by atoms with Crippen LogP contribution in [-0.2, 0) is 6.54 Å². The highest BCUT2D eigenvalue weighted by Crippen LogP contribution is 2.26. The summed E-state index contributed by atoms with van der Waals surface area (Å²) in [5, 5.41) is 4.87. The van der Waals surface area contributed by atoms with Gasteiger partial charge in [0.05, 0.1) is 0 Å². The molecule has 2 heteroatoms. The Kier molecular flexibility index (Phi) is 3.65. The quantitative estimate of drug-likeness (QED) is 0.766. The van der Waals surface area contributed by atoms with Crippen LogP contribution in [0, 0.1) is 5.92 Å². The van der Waals surface area contributed by atoms with E-state index in [9.17, 15) is 0 Å². The van der Waals surface area contributed by atoms with Crippen molar-refractivity contribution in [3.63, 3.8) is 0 Å². The van der Waals surface area contributed by atoms with Gasteiger partial charge in [-0.05, 0) is 42.0 Å². The normalized spacial score (nSPS) is 16.7. The number of aromatic amines is 1. The third kappa shape index (κ3) is 2.75. The molecular formula is C16H22N2. The average Bonchev–Trinajstić information content (AvgIpc) is 3.05. The summed E-state index contributed by atoms with van der Waals surface area (Å²) in [6, 6.07) is 8.78. The van der Waals surface area contributed by atoms with Crippen LogP contribution >= 0.6 is 0 Å². The second-order valence-corrected chi connectivity index (χ2v) is 5.52. The van der Waals surface area contributed by atoms with Crippen LogP contribution in [0.4, 0.5) is 0 Å². The van der Waals surface area contributed by atoms with E-state index in [1.165, 1.54) is 48.6 Å². The van der Waals surface area contributed by atoms with Crippen LogP contribution in [0.15, 0.2) is 30.5 Å². The molecule has 0 saturated heterocycles. The highest BCUT2D eigenvalue weighted by atomic mass is 14.8. The molecule has 0 spiro atoms. The summed E-state index contributed by atoms with van der Waals surface area (Å²) in [4.78, 5) is 3.27. The number of aromatic nitrogens is 1. The van der Waals surface area contributed by atoms with Crippen molar-refractivity contribution in [2.75, 3.05) is 6.54 Å². The maximum atomic E-state index is 3.57. The van der Waals surface area contributed by atoms with Crippen molar-refractivity contribution in [3.05, 3.63) is 36.0 Å². The second kappa shape index (κ2) is 5.57. The SMILES string of the molecule is c1cc2ccc(CNCCC3CCCC3)cc2[nH]1. The molecule has 1 heterocycles. The molecule has 0 bridgehead atoms. The van der Waals surface area contributed by atoms with Gasteiger partial charge in [-0.25, -0.2) is 0 Å². The van der Waals surface area contributed by atoms with Crippen LogP contribution < -0.4 is 5.32 Å². The monoisotopic (exact) mass is 242 g/mol. The van der Waals surface area contributed by atoms with Crippen LogP contribution in [0.2, 0.25) is 0 Å². The maximum Gasteiger partial charge on any atom is 0.0457 e. The Hall–Kier alpha value is -1.28. The minimum atomic E-state index is 0.988. The van der Waals surface area contributed by atoms with Crippen LogP contribution in [0.3, 0.4) is 0 Å². The third-order valence-electron chi connectivity index (χ3n) is 4.15. The van der Waals surface area contributed by atoms with Crippen LogP contribution in [0.25, 0.3) is 10.9 Å². The van der Waals surface area contributed by atoms with Gasteiger partial charge in [0.25, 0.3) is 0 Å². The fourth-order valence-electron chi connectivity index (χ4n) is 3.04. The Morgan fingerprint density at radius 2 is 2.06 bits per heavy atom. The summed E-state index contributed by atoms with van der Waals surface area (Å²) in [6.07, 6.45) is 9.17. The second-order valence-electron chi connectivity index (χ2n) is 5.52. The first-order chi connectivity index (χ1) is 8.92. The Morgan fingerprint density at radius 1 is 1.17 bits per heavy atom. The summed E-state index contributed by atoms with van der Waals surface area (Å²) in [5.41, 5.74) is 2.61. The van der Waals surface area contributed by atoms with Crippen LogP contribution in [0.1, 0.15) is 37.7 Å².